The molecule has 3 N–H and O–H groups in total. The second-order valence-corrected chi connectivity index (χ2v) is 5.28. The van der Waals surface area contributed by atoms with E-state index in [1.54, 1.807) is 13.8 Å². The average Bonchev–Trinajstić information content (AvgIpc) is 2.65. The molecule has 0 aliphatic heterocycles. The number of nitrogens with zero attached hydrogens (tertiary/aromatic N) is 1. The molecule has 0 saturated heterocycles. The van der Waals surface area contributed by atoms with Gasteiger partial charge in [-0.15, -0.1) is 0 Å². The van der Waals surface area contributed by atoms with Crippen LogP contribution in [0.1, 0.15) is 36.3 Å². The van der Waals surface area contributed by atoms with E-state index in [0.29, 0.717) is 25.1 Å². The summed E-state index contributed by atoms with van der Waals surface area (Å²) >= 11 is 0. The molecule has 1 aromatic rings. The Labute approximate surface area is 116 Å². The fraction of sp³-hybridized carbons (Fsp3) is 0.615. The van der Waals surface area contributed by atoms with Gasteiger partial charge < -0.3 is 20.3 Å². The number of carbonyl (C=O) groups excluding carboxylic acids is 1. The van der Waals surface area contributed by atoms with Crippen molar-refractivity contribution in [1.29, 1.82) is 0 Å². The molecule has 1 aliphatic rings. The summed E-state index contributed by atoms with van der Waals surface area (Å²) in [7, 11) is 0. The Kier molecular flexibility index (Phi) is 3.96. The number of rotatable bonds is 5. The number of amides is 2. The first-order valence-electron chi connectivity index (χ1n) is 6.61. The van der Waals surface area contributed by atoms with Crippen molar-refractivity contribution in [3.05, 3.63) is 17.0 Å². The smallest absolute Gasteiger partial charge is 0.315 e. The fourth-order valence-electron chi connectivity index (χ4n) is 2.30. The minimum absolute atomic E-state index is 0.162. The molecule has 1 heterocycles. The van der Waals surface area contributed by atoms with Crippen molar-refractivity contribution < 1.29 is 19.2 Å². The van der Waals surface area contributed by atoms with Gasteiger partial charge in [0.25, 0.3) is 0 Å². The van der Waals surface area contributed by atoms with E-state index in [2.05, 4.69) is 15.8 Å². The predicted octanol–water partition coefficient (Wildman–Crippen LogP) is 1.35. The molecule has 2 amide bonds. The van der Waals surface area contributed by atoms with Gasteiger partial charge in [0.15, 0.2) is 0 Å². The summed E-state index contributed by atoms with van der Waals surface area (Å²) in [6, 6.07) is -0.377. The first kappa shape index (κ1) is 14.4. The maximum absolute atomic E-state index is 11.7. The number of nitrogens with one attached hydrogen (secondary N) is 2. The van der Waals surface area contributed by atoms with Crippen LogP contribution in [0.4, 0.5) is 4.79 Å². The molecule has 0 aromatic carbocycles. The van der Waals surface area contributed by atoms with Gasteiger partial charge in [-0.05, 0) is 26.7 Å². The third kappa shape index (κ3) is 2.76. The number of hydrogen-bond donors (Lipinski definition) is 3. The Balaban J connectivity index is 1.80. The topological polar surface area (TPSA) is 104 Å². The van der Waals surface area contributed by atoms with E-state index in [1.807, 2.05) is 0 Å². The first-order chi connectivity index (χ1) is 9.44. The maximum Gasteiger partial charge on any atom is 0.315 e. The number of aromatic nitrogens is 1. The van der Waals surface area contributed by atoms with Crippen molar-refractivity contribution in [2.24, 2.45) is 5.41 Å². The van der Waals surface area contributed by atoms with E-state index in [0.717, 1.165) is 17.7 Å². The summed E-state index contributed by atoms with van der Waals surface area (Å²) in [5.41, 5.74) is 0.806. The summed E-state index contributed by atoms with van der Waals surface area (Å²) in [4.78, 5) is 22.9. The summed E-state index contributed by atoms with van der Waals surface area (Å²) in [5.74, 6) is -0.168. The SMILES string of the molecule is Cc1noc(C)c1CNC(=O)NCC1(C(=O)O)CCC1. The van der Waals surface area contributed by atoms with E-state index in [4.69, 9.17) is 9.63 Å². The van der Waals surface area contributed by atoms with Gasteiger partial charge in [0, 0.05) is 18.7 Å². The number of carboxylic acids is 1. The zero-order chi connectivity index (χ0) is 14.8. The van der Waals surface area contributed by atoms with Crippen molar-refractivity contribution in [2.75, 3.05) is 6.54 Å². The molecule has 0 radical (unpaired) electrons. The van der Waals surface area contributed by atoms with Crippen molar-refractivity contribution in [2.45, 2.75) is 39.7 Å². The zero-order valence-corrected chi connectivity index (χ0v) is 11.7. The number of urea groups is 1. The average molecular weight is 281 g/mol. The van der Waals surface area contributed by atoms with Crippen molar-refractivity contribution in [3.63, 3.8) is 0 Å². The number of hydrogen-bond acceptors (Lipinski definition) is 4. The third-order valence-corrected chi connectivity index (χ3v) is 3.96. The van der Waals surface area contributed by atoms with E-state index < -0.39 is 11.4 Å². The molecule has 20 heavy (non-hydrogen) atoms. The minimum atomic E-state index is -0.838. The highest BCUT2D eigenvalue weighted by Gasteiger charge is 2.44. The molecule has 1 aromatic heterocycles. The molecule has 2 rings (SSSR count). The highest BCUT2D eigenvalue weighted by atomic mass is 16.5. The molecular weight excluding hydrogens is 262 g/mol. The lowest BCUT2D eigenvalue weighted by Gasteiger charge is -2.37. The molecular formula is C13H19N3O4. The third-order valence-electron chi connectivity index (χ3n) is 3.96. The zero-order valence-electron chi connectivity index (χ0n) is 11.7. The summed E-state index contributed by atoms with van der Waals surface area (Å²) < 4.78 is 5.00. The molecule has 0 bridgehead atoms. The van der Waals surface area contributed by atoms with Gasteiger partial charge >= 0.3 is 12.0 Å². The molecule has 7 nitrogen and oxygen atoms in total. The van der Waals surface area contributed by atoms with Crippen molar-refractivity contribution in [1.82, 2.24) is 15.8 Å². The highest BCUT2D eigenvalue weighted by Crippen LogP contribution is 2.40. The van der Waals surface area contributed by atoms with Crippen LogP contribution in [0, 0.1) is 19.3 Å². The standard InChI is InChI=1S/C13H19N3O4/c1-8-10(9(2)20-16-8)6-14-12(19)15-7-13(11(17)18)4-3-5-13/h3-7H2,1-2H3,(H,17,18)(H2,14,15,19). The molecule has 110 valence electrons. The molecule has 7 heteroatoms. The van der Waals surface area contributed by atoms with Gasteiger partial charge in [-0.2, -0.15) is 0 Å². The largest absolute Gasteiger partial charge is 0.481 e. The second kappa shape index (κ2) is 5.52. The molecule has 0 spiro atoms. The Morgan fingerprint density at radius 2 is 2.05 bits per heavy atom. The quantitative estimate of drug-likeness (QED) is 0.755. The van der Waals surface area contributed by atoms with Crippen LogP contribution in [0.5, 0.6) is 0 Å². The van der Waals surface area contributed by atoms with Gasteiger partial charge in [0.05, 0.1) is 11.1 Å². The van der Waals surface area contributed by atoms with Gasteiger partial charge in [-0.25, -0.2) is 4.79 Å². The number of carboxylic acid groups (broad SMARTS) is 1. The molecule has 1 fully saturated rings. The van der Waals surface area contributed by atoms with Crippen LogP contribution < -0.4 is 10.6 Å². The van der Waals surface area contributed by atoms with E-state index in [9.17, 15) is 9.59 Å². The van der Waals surface area contributed by atoms with Gasteiger partial charge in [-0.3, -0.25) is 4.79 Å². The highest BCUT2D eigenvalue weighted by molar-refractivity contribution is 5.78. The Bertz CT molecular complexity index is 500. The van der Waals surface area contributed by atoms with Crippen LogP contribution in [-0.2, 0) is 11.3 Å². The minimum Gasteiger partial charge on any atom is -0.481 e. The summed E-state index contributed by atoms with van der Waals surface area (Å²) in [6.07, 6.45) is 2.13. The Morgan fingerprint density at radius 3 is 2.50 bits per heavy atom. The lowest BCUT2D eigenvalue weighted by Crippen LogP contribution is -2.49. The van der Waals surface area contributed by atoms with Gasteiger partial charge in [0.1, 0.15) is 5.76 Å². The Hall–Kier alpha value is -2.05. The molecule has 0 unspecified atom stereocenters. The van der Waals surface area contributed by atoms with Crippen LogP contribution in [0.25, 0.3) is 0 Å². The van der Waals surface area contributed by atoms with E-state index in [1.165, 1.54) is 0 Å². The molecule has 1 saturated carbocycles. The van der Waals surface area contributed by atoms with E-state index >= 15 is 0 Å². The lowest BCUT2D eigenvalue weighted by molar-refractivity contribution is -0.153. The van der Waals surface area contributed by atoms with Crippen LogP contribution in [-0.4, -0.2) is 28.8 Å². The monoisotopic (exact) mass is 281 g/mol. The van der Waals surface area contributed by atoms with Crippen molar-refractivity contribution >= 4 is 12.0 Å². The van der Waals surface area contributed by atoms with Crippen LogP contribution in [0.3, 0.4) is 0 Å². The van der Waals surface area contributed by atoms with E-state index in [-0.39, 0.29) is 12.6 Å². The van der Waals surface area contributed by atoms with Crippen molar-refractivity contribution in [3.8, 4) is 0 Å². The molecule has 0 atom stereocenters. The maximum atomic E-state index is 11.7. The lowest BCUT2D eigenvalue weighted by atomic mass is 9.69. The van der Waals surface area contributed by atoms with Gasteiger partial charge in [0.2, 0.25) is 0 Å². The number of aryl methyl sites for hydroxylation is 2. The molecule has 1 aliphatic carbocycles. The second-order valence-electron chi connectivity index (χ2n) is 5.28. The number of carbonyl (C=O) groups is 2. The van der Waals surface area contributed by atoms with Gasteiger partial charge in [-0.1, -0.05) is 11.6 Å². The van der Waals surface area contributed by atoms with Crippen LogP contribution in [0.2, 0.25) is 0 Å². The van der Waals surface area contributed by atoms with Crippen LogP contribution in [0.15, 0.2) is 4.52 Å². The summed E-state index contributed by atoms with van der Waals surface area (Å²) in [6.45, 7) is 4.06. The predicted molar refractivity (Wildman–Crippen MR) is 70.1 cm³/mol. The number of aliphatic carboxylic acids is 1. The Morgan fingerprint density at radius 1 is 1.35 bits per heavy atom. The van der Waals surface area contributed by atoms with Crippen LogP contribution >= 0.6 is 0 Å². The first-order valence-corrected chi connectivity index (χ1v) is 6.61. The fourth-order valence-corrected chi connectivity index (χ4v) is 2.30. The normalized spacial score (nSPS) is 16.3. The summed E-state index contributed by atoms with van der Waals surface area (Å²) in [5, 5.41) is 18.3.